The van der Waals surface area contributed by atoms with Gasteiger partial charge in [0.25, 0.3) is 0 Å². The Morgan fingerprint density at radius 1 is 1.35 bits per heavy atom. The summed E-state index contributed by atoms with van der Waals surface area (Å²) in [6.07, 6.45) is 0.749. The lowest BCUT2D eigenvalue weighted by Gasteiger charge is -2.38. The topological polar surface area (TPSA) is 49.8 Å². The molecule has 2 atom stereocenters. The van der Waals surface area contributed by atoms with Crippen LogP contribution in [0.5, 0.6) is 5.75 Å². The number of hydrogen-bond acceptors (Lipinski definition) is 5. The Kier molecular flexibility index (Phi) is 6.78. The van der Waals surface area contributed by atoms with E-state index in [1.165, 1.54) is 0 Å². The molecule has 2 rings (SSSR count). The van der Waals surface area contributed by atoms with E-state index in [0.717, 1.165) is 12.1 Å². The Labute approximate surface area is 163 Å². The van der Waals surface area contributed by atoms with E-state index >= 15 is 0 Å². The van der Waals surface area contributed by atoms with Crippen molar-refractivity contribution in [3.05, 3.63) is 23.0 Å². The van der Waals surface area contributed by atoms with Gasteiger partial charge in [-0.15, -0.1) is 0 Å². The Morgan fingerprint density at radius 3 is 2.58 bits per heavy atom. The van der Waals surface area contributed by atoms with Crippen LogP contribution in [0.2, 0.25) is 23.3 Å². The van der Waals surface area contributed by atoms with Gasteiger partial charge < -0.3 is 18.6 Å². The van der Waals surface area contributed by atoms with Gasteiger partial charge in [-0.2, -0.15) is 0 Å². The molecular weight excluding hydrogens is 370 g/mol. The van der Waals surface area contributed by atoms with Gasteiger partial charge in [0.2, 0.25) is 0 Å². The summed E-state index contributed by atoms with van der Waals surface area (Å²) in [6, 6.07) is 3.62. The molecule has 1 aliphatic heterocycles. The molecule has 0 spiro atoms. The molecule has 0 amide bonds. The lowest BCUT2D eigenvalue weighted by molar-refractivity contribution is -0.0247. The van der Waals surface area contributed by atoms with E-state index in [-0.39, 0.29) is 11.1 Å². The maximum absolute atomic E-state index is 6.35. The lowest BCUT2D eigenvalue weighted by atomic mass is 9.98. The predicted octanol–water partition coefficient (Wildman–Crippen LogP) is 4.79. The molecule has 0 N–H and O–H groups in total. The first-order chi connectivity index (χ1) is 12.0. The van der Waals surface area contributed by atoms with Gasteiger partial charge in [0.05, 0.1) is 18.4 Å². The van der Waals surface area contributed by atoms with Crippen LogP contribution in [-0.4, -0.2) is 46.3 Å². The van der Waals surface area contributed by atoms with E-state index in [9.17, 15) is 0 Å². The molecule has 5 nitrogen and oxygen atoms in total. The summed E-state index contributed by atoms with van der Waals surface area (Å²) in [7, 11) is -0.148. The molecule has 1 fully saturated rings. The fourth-order valence-electron chi connectivity index (χ4n) is 2.73. The van der Waals surface area contributed by atoms with E-state index in [4.69, 9.17) is 30.2 Å². The van der Waals surface area contributed by atoms with Crippen molar-refractivity contribution in [1.82, 2.24) is 4.98 Å². The first-order valence-corrected chi connectivity index (χ1v) is 12.4. The summed E-state index contributed by atoms with van der Waals surface area (Å²) in [5.74, 6) is 0.675. The SMILES string of the molecule is COC1(c2cc(OCC(C)O[Si](C)(C)C(C)(C)C)cc(Cl)n2)CCOC1. The average Bonchev–Trinajstić information content (AvgIpc) is 3.01. The fraction of sp³-hybridized carbons (Fsp3) is 0.737. The van der Waals surface area contributed by atoms with Crippen LogP contribution in [0.1, 0.15) is 39.8 Å². The van der Waals surface area contributed by atoms with E-state index in [1.54, 1.807) is 13.2 Å². The predicted molar refractivity (Wildman–Crippen MR) is 107 cm³/mol. The minimum Gasteiger partial charge on any atom is -0.491 e. The van der Waals surface area contributed by atoms with Crippen LogP contribution in [0, 0.1) is 0 Å². The van der Waals surface area contributed by atoms with Crippen molar-refractivity contribution in [3.63, 3.8) is 0 Å². The van der Waals surface area contributed by atoms with Crippen molar-refractivity contribution in [1.29, 1.82) is 0 Å². The highest BCUT2D eigenvalue weighted by atomic mass is 35.5. The molecule has 148 valence electrons. The molecule has 0 bridgehead atoms. The van der Waals surface area contributed by atoms with Gasteiger partial charge in [-0.25, -0.2) is 4.98 Å². The van der Waals surface area contributed by atoms with Gasteiger partial charge in [0, 0.05) is 32.3 Å². The number of hydrogen-bond donors (Lipinski definition) is 0. The summed E-state index contributed by atoms with van der Waals surface area (Å²) < 4.78 is 23.5. The van der Waals surface area contributed by atoms with E-state index in [1.807, 2.05) is 13.0 Å². The number of nitrogens with zero attached hydrogens (tertiary/aromatic N) is 1. The Hall–Kier alpha value is -0.663. The molecule has 1 aliphatic rings. The van der Waals surface area contributed by atoms with Crippen LogP contribution in [-0.2, 0) is 19.5 Å². The van der Waals surface area contributed by atoms with Crippen molar-refractivity contribution in [3.8, 4) is 5.75 Å². The molecule has 26 heavy (non-hydrogen) atoms. The fourth-order valence-corrected chi connectivity index (χ4v) is 4.36. The van der Waals surface area contributed by atoms with Gasteiger partial charge in [-0.3, -0.25) is 0 Å². The van der Waals surface area contributed by atoms with E-state index in [0.29, 0.717) is 30.7 Å². The molecule has 0 aromatic carbocycles. The number of rotatable bonds is 7. The highest BCUT2D eigenvalue weighted by Gasteiger charge is 2.40. The maximum Gasteiger partial charge on any atom is 0.192 e. The van der Waals surface area contributed by atoms with Gasteiger partial charge >= 0.3 is 0 Å². The molecule has 0 radical (unpaired) electrons. The molecule has 2 unspecified atom stereocenters. The highest BCUT2D eigenvalue weighted by molar-refractivity contribution is 6.74. The molecule has 7 heteroatoms. The first-order valence-electron chi connectivity index (χ1n) is 9.11. The van der Waals surface area contributed by atoms with Crippen LogP contribution < -0.4 is 4.74 Å². The van der Waals surface area contributed by atoms with Crippen LogP contribution in [0.3, 0.4) is 0 Å². The summed E-state index contributed by atoms with van der Waals surface area (Å²) >= 11 is 6.22. The van der Waals surface area contributed by atoms with Crippen molar-refractivity contribution in [2.75, 3.05) is 26.9 Å². The lowest BCUT2D eigenvalue weighted by Crippen LogP contribution is -2.44. The Bertz CT molecular complexity index is 612. The number of methoxy groups -OCH3 is 1. The minimum atomic E-state index is -1.82. The monoisotopic (exact) mass is 401 g/mol. The third-order valence-electron chi connectivity index (χ3n) is 5.40. The van der Waals surface area contributed by atoms with Crippen molar-refractivity contribution < 1.29 is 18.6 Å². The third kappa shape index (κ3) is 4.98. The molecule has 1 aromatic rings. The average molecular weight is 402 g/mol. The van der Waals surface area contributed by atoms with Crippen molar-refractivity contribution in [2.24, 2.45) is 0 Å². The second kappa shape index (κ2) is 8.15. The third-order valence-corrected chi connectivity index (χ3v) is 10.2. The Morgan fingerprint density at radius 2 is 2.04 bits per heavy atom. The van der Waals surface area contributed by atoms with E-state index in [2.05, 4.69) is 38.8 Å². The van der Waals surface area contributed by atoms with E-state index < -0.39 is 13.9 Å². The molecule has 0 saturated carbocycles. The zero-order chi connectivity index (χ0) is 19.6. The Balaban J connectivity index is 2.06. The zero-order valence-electron chi connectivity index (χ0n) is 17.0. The molecule has 1 aromatic heterocycles. The van der Waals surface area contributed by atoms with Crippen molar-refractivity contribution in [2.45, 2.75) is 64.0 Å². The summed E-state index contributed by atoms with van der Waals surface area (Å²) in [5.41, 5.74) is 0.199. The standard InChI is InChI=1S/C19H32ClNO4Si/c1-14(25-26(6,7)18(2,3)4)12-24-15-10-16(21-17(20)11-15)19(22-5)8-9-23-13-19/h10-11,14H,8-9,12-13H2,1-7H3. The van der Waals surface area contributed by atoms with Gasteiger partial charge in [-0.05, 0) is 25.1 Å². The number of halogens is 1. The molecular formula is C19H32ClNO4Si. The van der Waals surface area contributed by atoms with Crippen LogP contribution >= 0.6 is 11.6 Å². The maximum atomic E-state index is 6.35. The first kappa shape index (κ1) is 21.6. The van der Waals surface area contributed by atoms with Crippen molar-refractivity contribution >= 4 is 19.9 Å². The summed E-state index contributed by atoms with van der Waals surface area (Å²) in [6.45, 7) is 14.8. The summed E-state index contributed by atoms with van der Waals surface area (Å²) in [5, 5.41) is 0.556. The second-order valence-corrected chi connectivity index (χ2v) is 13.7. The normalized spacial score (nSPS) is 22.5. The number of ether oxygens (including phenoxy) is 3. The zero-order valence-corrected chi connectivity index (χ0v) is 18.8. The number of aromatic nitrogens is 1. The van der Waals surface area contributed by atoms with Crippen LogP contribution in [0.15, 0.2) is 12.1 Å². The second-order valence-electron chi connectivity index (χ2n) is 8.51. The quantitative estimate of drug-likeness (QED) is 0.485. The highest BCUT2D eigenvalue weighted by Crippen LogP contribution is 2.38. The van der Waals surface area contributed by atoms with Gasteiger partial charge in [-0.1, -0.05) is 32.4 Å². The minimum absolute atomic E-state index is 0.00233. The summed E-state index contributed by atoms with van der Waals surface area (Å²) in [4.78, 5) is 4.43. The molecule has 2 heterocycles. The largest absolute Gasteiger partial charge is 0.491 e. The smallest absolute Gasteiger partial charge is 0.192 e. The molecule has 0 aliphatic carbocycles. The van der Waals surface area contributed by atoms with Gasteiger partial charge in [0.1, 0.15) is 23.1 Å². The molecule has 1 saturated heterocycles. The number of pyridine rings is 1. The van der Waals surface area contributed by atoms with Crippen LogP contribution in [0.4, 0.5) is 0 Å². The van der Waals surface area contributed by atoms with Gasteiger partial charge in [0.15, 0.2) is 8.32 Å². The van der Waals surface area contributed by atoms with Crippen LogP contribution in [0.25, 0.3) is 0 Å².